The number of amides is 4. The van der Waals surface area contributed by atoms with E-state index in [1.165, 1.54) is 29.3 Å². The quantitative estimate of drug-likeness (QED) is 0.251. The van der Waals surface area contributed by atoms with Crippen molar-refractivity contribution in [2.75, 3.05) is 5.32 Å². The van der Waals surface area contributed by atoms with Crippen LogP contribution < -0.4 is 27.2 Å². The predicted molar refractivity (Wildman–Crippen MR) is 152 cm³/mol. The SMILES string of the molecule is Cc1c(C(=O)N[C@@H](CCC(=O)C(N)=O)C(=O)Nc2cccn(CC(=O)N[C@@H]3CC4CCC3C4)c2=O)oc2ccccc12. The minimum Gasteiger partial charge on any atom is -0.451 e. The first-order chi connectivity index (χ1) is 20.1. The molecule has 3 aromatic rings. The van der Waals surface area contributed by atoms with Crippen molar-refractivity contribution in [3.05, 3.63) is 64.3 Å². The number of primary amides is 1. The Morgan fingerprint density at radius 2 is 1.86 bits per heavy atom. The van der Waals surface area contributed by atoms with Gasteiger partial charge in [-0.25, -0.2) is 0 Å². The Labute approximate surface area is 241 Å². The average molecular weight is 576 g/mol. The summed E-state index contributed by atoms with van der Waals surface area (Å²) < 4.78 is 6.88. The van der Waals surface area contributed by atoms with Gasteiger partial charge in [0.25, 0.3) is 17.4 Å². The molecule has 0 aliphatic heterocycles. The van der Waals surface area contributed by atoms with Crippen molar-refractivity contribution < 1.29 is 28.4 Å². The number of hydrogen-bond donors (Lipinski definition) is 4. The molecule has 12 nitrogen and oxygen atoms in total. The van der Waals surface area contributed by atoms with Crippen LogP contribution >= 0.6 is 0 Å². The van der Waals surface area contributed by atoms with Gasteiger partial charge in [0.2, 0.25) is 17.6 Å². The van der Waals surface area contributed by atoms with Crippen LogP contribution in [-0.2, 0) is 25.7 Å². The zero-order valence-corrected chi connectivity index (χ0v) is 23.2. The molecule has 5 N–H and O–H groups in total. The summed E-state index contributed by atoms with van der Waals surface area (Å²) >= 11 is 0. The molecule has 12 heteroatoms. The minimum absolute atomic E-state index is 0.0150. The number of hydrogen-bond acceptors (Lipinski definition) is 7. The lowest BCUT2D eigenvalue weighted by Crippen LogP contribution is -2.45. The van der Waals surface area contributed by atoms with Crippen LogP contribution in [0.15, 0.2) is 51.8 Å². The first-order valence-corrected chi connectivity index (χ1v) is 14.0. The van der Waals surface area contributed by atoms with Crippen LogP contribution in [0, 0.1) is 18.8 Å². The number of carbonyl (C=O) groups is 5. The molecule has 2 heterocycles. The number of nitrogens with one attached hydrogen (secondary N) is 3. The van der Waals surface area contributed by atoms with Crippen LogP contribution in [0.3, 0.4) is 0 Å². The molecule has 2 aliphatic carbocycles. The van der Waals surface area contributed by atoms with E-state index in [-0.39, 0.29) is 36.4 Å². The molecule has 4 atom stereocenters. The number of furan rings is 1. The van der Waals surface area contributed by atoms with E-state index >= 15 is 0 Å². The third-order valence-electron chi connectivity index (χ3n) is 8.28. The molecule has 0 radical (unpaired) electrons. The first-order valence-electron chi connectivity index (χ1n) is 14.0. The van der Waals surface area contributed by atoms with Gasteiger partial charge in [-0.15, -0.1) is 0 Å². The molecule has 2 bridgehead atoms. The number of rotatable bonds is 11. The molecule has 2 aromatic heterocycles. The lowest BCUT2D eigenvalue weighted by atomic mass is 9.95. The van der Waals surface area contributed by atoms with Crippen molar-refractivity contribution in [2.45, 2.75) is 64.1 Å². The van der Waals surface area contributed by atoms with Gasteiger partial charge in [0, 0.05) is 29.6 Å². The minimum atomic E-state index is -1.32. The van der Waals surface area contributed by atoms with Crippen LogP contribution in [0.4, 0.5) is 5.69 Å². The number of aromatic nitrogens is 1. The molecule has 5 rings (SSSR count). The summed E-state index contributed by atoms with van der Waals surface area (Å²) in [6.45, 7) is 1.49. The highest BCUT2D eigenvalue weighted by Gasteiger charge is 2.40. The van der Waals surface area contributed by atoms with E-state index in [0.29, 0.717) is 23.0 Å². The molecule has 42 heavy (non-hydrogen) atoms. The van der Waals surface area contributed by atoms with Gasteiger partial charge in [0.15, 0.2) is 5.76 Å². The van der Waals surface area contributed by atoms with Gasteiger partial charge >= 0.3 is 0 Å². The van der Waals surface area contributed by atoms with Crippen molar-refractivity contribution in [3.8, 4) is 0 Å². The van der Waals surface area contributed by atoms with E-state index in [0.717, 1.165) is 24.6 Å². The van der Waals surface area contributed by atoms with Crippen molar-refractivity contribution in [1.82, 2.24) is 15.2 Å². The van der Waals surface area contributed by atoms with Gasteiger partial charge in [-0.2, -0.15) is 0 Å². The second-order valence-corrected chi connectivity index (χ2v) is 11.1. The average Bonchev–Trinajstić information content (AvgIpc) is 3.67. The summed E-state index contributed by atoms with van der Waals surface area (Å²) in [6.07, 6.45) is 5.18. The molecular weight excluding hydrogens is 542 g/mol. The molecule has 0 saturated heterocycles. The lowest BCUT2D eigenvalue weighted by Gasteiger charge is -2.23. The van der Waals surface area contributed by atoms with Crippen molar-refractivity contribution >= 4 is 46.1 Å². The number of anilines is 1. The van der Waals surface area contributed by atoms with E-state index in [2.05, 4.69) is 16.0 Å². The summed E-state index contributed by atoms with van der Waals surface area (Å²) in [5, 5.41) is 8.80. The van der Waals surface area contributed by atoms with Gasteiger partial charge in [-0.1, -0.05) is 24.6 Å². The van der Waals surface area contributed by atoms with E-state index in [4.69, 9.17) is 10.2 Å². The van der Waals surface area contributed by atoms with Gasteiger partial charge in [-0.3, -0.25) is 28.8 Å². The number of benzene rings is 1. The maximum atomic E-state index is 13.3. The second-order valence-electron chi connectivity index (χ2n) is 11.1. The molecule has 220 valence electrons. The number of Topliss-reactive ketones (excluding diaryl/α,β-unsaturated/α-hetero) is 1. The van der Waals surface area contributed by atoms with Crippen LogP contribution in [0.1, 0.15) is 54.6 Å². The molecule has 2 fully saturated rings. The highest BCUT2D eigenvalue weighted by Crippen LogP contribution is 2.44. The first kappa shape index (κ1) is 28.8. The fourth-order valence-electron chi connectivity index (χ4n) is 6.09. The van der Waals surface area contributed by atoms with E-state index in [9.17, 15) is 28.8 Å². The summed E-state index contributed by atoms with van der Waals surface area (Å²) in [5.41, 5.74) is 5.37. The Hall–Kier alpha value is -4.74. The van der Waals surface area contributed by atoms with Gasteiger partial charge in [0.05, 0.1) is 0 Å². The Morgan fingerprint density at radius 3 is 2.55 bits per heavy atom. The third kappa shape index (κ3) is 6.12. The molecule has 4 amide bonds. The normalized spacial score (nSPS) is 19.8. The van der Waals surface area contributed by atoms with Crippen LogP contribution in [-0.4, -0.2) is 46.1 Å². The van der Waals surface area contributed by atoms with Crippen molar-refractivity contribution in [1.29, 1.82) is 0 Å². The fraction of sp³-hybridized carbons (Fsp3) is 0.400. The molecule has 1 aromatic carbocycles. The number of fused-ring (bicyclic) bond motifs is 3. The summed E-state index contributed by atoms with van der Waals surface area (Å²) in [5.74, 6) is -2.74. The summed E-state index contributed by atoms with van der Waals surface area (Å²) in [7, 11) is 0. The van der Waals surface area contributed by atoms with Gasteiger partial charge < -0.3 is 30.7 Å². The number of carbonyl (C=O) groups excluding carboxylic acids is 5. The largest absolute Gasteiger partial charge is 0.451 e. The Kier molecular flexibility index (Phi) is 8.23. The number of nitrogens with zero attached hydrogens (tertiary/aromatic N) is 1. The number of pyridine rings is 1. The van der Waals surface area contributed by atoms with E-state index < -0.39 is 41.5 Å². The van der Waals surface area contributed by atoms with E-state index in [1.807, 2.05) is 0 Å². The number of nitrogens with two attached hydrogens (primary N) is 1. The zero-order valence-electron chi connectivity index (χ0n) is 23.2. The summed E-state index contributed by atoms with van der Waals surface area (Å²) in [6, 6.07) is 8.75. The molecule has 2 unspecified atom stereocenters. The van der Waals surface area contributed by atoms with Crippen LogP contribution in [0.5, 0.6) is 0 Å². The Balaban J connectivity index is 1.29. The Bertz CT molecular complexity index is 1620. The standard InChI is InChI=1S/C30H33N5O7/c1-16-19-5-2-3-7-24(19)42-26(16)29(40)33-20(10-11-23(36)27(31)38)28(39)34-21-6-4-12-35(30(21)41)15-25(37)32-22-14-17-8-9-18(22)13-17/h2-7,12,17-18,20,22H,8-11,13-15H2,1H3,(H2,31,38)(H,32,37)(H,33,40)(H,34,39)/t17?,18?,20-,22+/m0/s1. The van der Waals surface area contributed by atoms with Crippen molar-refractivity contribution in [2.24, 2.45) is 17.6 Å². The van der Waals surface area contributed by atoms with Gasteiger partial charge in [-0.05, 0) is 62.6 Å². The van der Waals surface area contributed by atoms with Gasteiger partial charge in [0.1, 0.15) is 23.9 Å². The summed E-state index contributed by atoms with van der Waals surface area (Å²) in [4.78, 5) is 75.4. The highest BCUT2D eigenvalue weighted by atomic mass is 16.3. The number of ketones is 1. The van der Waals surface area contributed by atoms with E-state index in [1.54, 1.807) is 31.2 Å². The smallest absolute Gasteiger partial charge is 0.287 e. The maximum Gasteiger partial charge on any atom is 0.287 e. The maximum absolute atomic E-state index is 13.3. The number of aryl methyl sites for hydroxylation is 1. The molecule has 0 spiro atoms. The highest BCUT2D eigenvalue weighted by molar-refractivity contribution is 6.35. The Morgan fingerprint density at radius 1 is 1.07 bits per heavy atom. The predicted octanol–water partition coefficient (Wildman–Crippen LogP) is 1.78. The molecule has 2 saturated carbocycles. The molecular formula is C30H33N5O7. The lowest BCUT2D eigenvalue weighted by molar-refractivity contribution is -0.136. The monoisotopic (exact) mass is 575 g/mol. The second kappa shape index (κ2) is 12.0. The fourth-order valence-corrected chi connectivity index (χ4v) is 6.09. The molecule has 2 aliphatic rings. The third-order valence-corrected chi connectivity index (χ3v) is 8.28. The topological polar surface area (TPSA) is 183 Å². The van der Waals surface area contributed by atoms with Crippen molar-refractivity contribution in [3.63, 3.8) is 0 Å². The van der Waals surface area contributed by atoms with Crippen LogP contribution in [0.2, 0.25) is 0 Å². The number of para-hydroxylation sites is 1. The zero-order chi connectivity index (χ0) is 30.0. The van der Waals surface area contributed by atoms with Crippen LogP contribution in [0.25, 0.3) is 11.0 Å².